The van der Waals surface area contributed by atoms with Crippen LogP contribution < -0.4 is 10.9 Å². The Bertz CT molecular complexity index is 1020. The fraction of sp³-hybridized carbons (Fsp3) is 0.130. The Kier molecular flexibility index (Phi) is 6.17. The number of H-pyrrole nitrogens is 1. The van der Waals surface area contributed by atoms with Crippen LogP contribution in [0.2, 0.25) is 0 Å². The van der Waals surface area contributed by atoms with Gasteiger partial charge in [-0.1, -0.05) is 66.7 Å². The summed E-state index contributed by atoms with van der Waals surface area (Å²) in [5, 5.41) is 2.92. The second-order valence-electron chi connectivity index (χ2n) is 6.34. The van der Waals surface area contributed by atoms with E-state index in [0.29, 0.717) is 0 Å². The number of carbonyl (C=O) groups excluding carboxylic acids is 1. The molecule has 0 fully saturated rings. The lowest BCUT2D eigenvalue weighted by Crippen LogP contribution is -2.33. The molecular formula is C23H21FN2O2. The molecule has 1 unspecified atom stereocenters. The quantitative estimate of drug-likeness (QED) is 0.670. The number of benzene rings is 2. The highest BCUT2D eigenvalue weighted by atomic mass is 19.1. The van der Waals surface area contributed by atoms with Gasteiger partial charge in [0.1, 0.15) is 12.2 Å². The number of nitrogens with one attached hydrogen (secondary N) is 2. The van der Waals surface area contributed by atoms with Crippen LogP contribution in [0.3, 0.4) is 0 Å². The van der Waals surface area contributed by atoms with Crippen LogP contribution in [-0.2, 0) is 6.67 Å². The van der Waals surface area contributed by atoms with Crippen molar-refractivity contribution in [3.05, 3.63) is 111 Å². The molecule has 1 heterocycles. The second-order valence-corrected chi connectivity index (χ2v) is 6.34. The number of aromatic amines is 1. The number of aromatic nitrogens is 1. The number of pyridine rings is 1. The van der Waals surface area contributed by atoms with Gasteiger partial charge in [0.25, 0.3) is 11.5 Å². The maximum absolute atomic E-state index is 12.8. The van der Waals surface area contributed by atoms with Crippen molar-refractivity contribution in [2.24, 2.45) is 0 Å². The average Bonchev–Trinajstić information content (AvgIpc) is 2.73. The van der Waals surface area contributed by atoms with Crippen LogP contribution in [0.1, 0.15) is 45.7 Å². The topological polar surface area (TPSA) is 62.0 Å². The second kappa shape index (κ2) is 8.95. The molecule has 1 aromatic heterocycles. The van der Waals surface area contributed by atoms with Gasteiger partial charge in [-0.05, 0) is 35.7 Å². The Morgan fingerprint density at radius 1 is 1.04 bits per heavy atom. The zero-order valence-electron chi connectivity index (χ0n) is 15.5. The van der Waals surface area contributed by atoms with Crippen LogP contribution in [-0.4, -0.2) is 10.9 Å². The van der Waals surface area contributed by atoms with Gasteiger partial charge >= 0.3 is 0 Å². The number of hydrogen-bond donors (Lipinski definition) is 2. The molecule has 3 aromatic rings. The van der Waals surface area contributed by atoms with Gasteiger partial charge in [0.05, 0.1) is 6.04 Å². The summed E-state index contributed by atoms with van der Waals surface area (Å²) in [4.78, 5) is 27.3. The normalized spacial score (nSPS) is 12.1. The third kappa shape index (κ3) is 4.43. The summed E-state index contributed by atoms with van der Waals surface area (Å²) in [7, 11) is 0. The summed E-state index contributed by atoms with van der Waals surface area (Å²) in [6.45, 7) is 1.16. The van der Waals surface area contributed by atoms with Crippen LogP contribution in [0.15, 0.2) is 77.6 Å². The lowest BCUT2D eigenvalue weighted by molar-refractivity contribution is 0.0941. The van der Waals surface area contributed by atoms with Gasteiger partial charge in [-0.25, -0.2) is 4.39 Å². The molecular weight excluding hydrogens is 355 g/mol. The molecule has 3 rings (SSSR count). The Balaban J connectivity index is 1.94. The van der Waals surface area contributed by atoms with Gasteiger partial charge in [-0.3, -0.25) is 9.59 Å². The van der Waals surface area contributed by atoms with Crippen molar-refractivity contribution in [1.82, 2.24) is 10.3 Å². The third-order valence-corrected chi connectivity index (χ3v) is 4.40. The largest absolute Gasteiger partial charge is 0.341 e. The Labute approximate surface area is 162 Å². The van der Waals surface area contributed by atoms with E-state index in [1.165, 1.54) is 12.1 Å². The first-order valence-electron chi connectivity index (χ1n) is 8.99. The molecule has 1 amide bonds. The average molecular weight is 376 g/mol. The van der Waals surface area contributed by atoms with Crippen molar-refractivity contribution in [3.63, 3.8) is 0 Å². The minimum Gasteiger partial charge on any atom is -0.341 e. The molecule has 4 nitrogen and oxygen atoms in total. The van der Waals surface area contributed by atoms with Crippen molar-refractivity contribution in [2.75, 3.05) is 0 Å². The van der Waals surface area contributed by atoms with Crippen molar-refractivity contribution < 1.29 is 9.18 Å². The van der Waals surface area contributed by atoms with Crippen molar-refractivity contribution in [2.45, 2.75) is 19.6 Å². The van der Waals surface area contributed by atoms with Crippen LogP contribution >= 0.6 is 0 Å². The van der Waals surface area contributed by atoms with E-state index in [1.807, 2.05) is 73.7 Å². The summed E-state index contributed by atoms with van der Waals surface area (Å²) in [5.41, 5.74) is 2.32. The van der Waals surface area contributed by atoms with E-state index in [4.69, 9.17) is 0 Å². The molecule has 0 bridgehead atoms. The molecule has 2 aromatic carbocycles. The van der Waals surface area contributed by atoms with Crippen molar-refractivity contribution >= 4 is 12.0 Å². The van der Waals surface area contributed by atoms with Crippen molar-refractivity contribution in [1.29, 1.82) is 0 Å². The number of halogens is 1. The molecule has 0 aliphatic rings. The van der Waals surface area contributed by atoms with E-state index in [9.17, 15) is 14.0 Å². The summed E-state index contributed by atoms with van der Waals surface area (Å²) < 4.78 is 12.7. The molecule has 28 heavy (non-hydrogen) atoms. The zero-order chi connectivity index (χ0) is 19.9. The molecule has 0 radical (unpaired) electrons. The Morgan fingerprint density at radius 2 is 1.71 bits per heavy atom. The summed E-state index contributed by atoms with van der Waals surface area (Å²) >= 11 is 0. The number of rotatable bonds is 6. The molecule has 0 aliphatic heterocycles. The van der Waals surface area contributed by atoms with Gasteiger partial charge in [-0.15, -0.1) is 0 Å². The van der Waals surface area contributed by atoms with Gasteiger partial charge in [0.2, 0.25) is 0 Å². The predicted octanol–water partition coefficient (Wildman–Crippen LogP) is 4.40. The number of carbonyl (C=O) groups is 1. The third-order valence-electron chi connectivity index (χ3n) is 4.40. The number of amides is 1. The number of hydrogen-bond acceptors (Lipinski definition) is 2. The number of allylic oxidation sites excluding steroid dienone is 1. The smallest absolute Gasteiger partial charge is 0.261 e. The lowest BCUT2D eigenvalue weighted by Gasteiger charge is -2.20. The Hall–Kier alpha value is -3.47. The molecule has 0 spiro atoms. The van der Waals surface area contributed by atoms with E-state index in [0.717, 1.165) is 16.7 Å². The SMILES string of the molecule is C/C=C/c1ccc(C(NC(=O)c2ccc(CF)[nH]c2=O)c2ccccc2)cc1. The maximum atomic E-state index is 12.8. The first-order chi connectivity index (χ1) is 13.6. The first-order valence-corrected chi connectivity index (χ1v) is 8.99. The molecule has 2 N–H and O–H groups in total. The fourth-order valence-corrected chi connectivity index (χ4v) is 2.98. The van der Waals surface area contributed by atoms with E-state index in [2.05, 4.69) is 10.3 Å². The molecule has 1 atom stereocenters. The van der Waals surface area contributed by atoms with Crippen LogP contribution in [0, 0.1) is 0 Å². The highest BCUT2D eigenvalue weighted by Crippen LogP contribution is 2.23. The monoisotopic (exact) mass is 376 g/mol. The number of alkyl halides is 1. The van der Waals surface area contributed by atoms with Crippen LogP contribution in [0.4, 0.5) is 4.39 Å². The molecule has 0 saturated heterocycles. The molecule has 5 heteroatoms. The minimum absolute atomic E-state index is 0.0522. The minimum atomic E-state index is -0.789. The van der Waals surface area contributed by atoms with Crippen LogP contribution in [0.25, 0.3) is 6.08 Å². The van der Waals surface area contributed by atoms with Gasteiger partial charge in [0, 0.05) is 5.69 Å². The maximum Gasteiger partial charge on any atom is 0.261 e. The predicted molar refractivity (Wildman–Crippen MR) is 109 cm³/mol. The molecule has 0 aliphatic carbocycles. The van der Waals surface area contributed by atoms with Crippen molar-refractivity contribution in [3.8, 4) is 0 Å². The van der Waals surface area contributed by atoms with E-state index >= 15 is 0 Å². The van der Waals surface area contributed by atoms with Gasteiger partial charge in [-0.2, -0.15) is 0 Å². The summed E-state index contributed by atoms with van der Waals surface area (Å²) in [6.07, 6.45) is 3.95. The summed E-state index contributed by atoms with van der Waals surface area (Å²) in [5.74, 6) is -0.516. The van der Waals surface area contributed by atoms with E-state index in [1.54, 1.807) is 0 Å². The highest BCUT2D eigenvalue weighted by molar-refractivity contribution is 5.94. The first kappa shape index (κ1) is 19.3. The van der Waals surface area contributed by atoms with E-state index in [-0.39, 0.29) is 11.3 Å². The highest BCUT2D eigenvalue weighted by Gasteiger charge is 2.19. The lowest BCUT2D eigenvalue weighted by atomic mass is 9.97. The standard InChI is InChI=1S/C23H21FN2O2/c1-2-6-16-9-11-18(12-10-16)21(17-7-4-3-5-8-17)26-23(28)20-14-13-19(15-24)25-22(20)27/h2-14,21H,15H2,1H3,(H,25,27)(H,26,28)/b6-2+. The molecule has 142 valence electrons. The van der Waals surface area contributed by atoms with Gasteiger partial charge in [0.15, 0.2) is 0 Å². The Morgan fingerprint density at radius 3 is 2.32 bits per heavy atom. The molecule has 0 saturated carbocycles. The van der Waals surface area contributed by atoms with Crippen LogP contribution in [0.5, 0.6) is 0 Å². The summed E-state index contributed by atoms with van der Waals surface area (Å²) in [6, 6.07) is 19.7. The van der Waals surface area contributed by atoms with Gasteiger partial charge < -0.3 is 10.3 Å². The zero-order valence-corrected chi connectivity index (χ0v) is 15.5. The van der Waals surface area contributed by atoms with E-state index < -0.39 is 24.2 Å². The fourth-order valence-electron chi connectivity index (χ4n) is 2.98.